The van der Waals surface area contributed by atoms with Crippen molar-refractivity contribution in [3.8, 4) is 5.75 Å². The third kappa shape index (κ3) is 3.25. The van der Waals surface area contributed by atoms with Crippen molar-refractivity contribution in [2.24, 2.45) is 34.5 Å². The highest BCUT2D eigenvalue weighted by molar-refractivity contribution is 5.94. The molecule has 5 heteroatoms. The van der Waals surface area contributed by atoms with E-state index >= 15 is 0 Å². The van der Waals surface area contributed by atoms with Gasteiger partial charge in [-0.05, 0) is 80.8 Å². The van der Waals surface area contributed by atoms with E-state index < -0.39 is 0 Å². The average Bonchev–Trinajstić information content (AvgIpc) is 3.14. The number of nitrogens with zero attached hydrogens (tertiary/aromatic N) is 1. The molecule has 3 aliphatic carbocycles. The van der Waals surface area contributed by atoms with E-state index in [1.807, 2.05) is 36.2 Å². The highest BCUT2D eigenvalue weighted by Gasteiger charge is 2.61. The van der Waals surface area contributed by atoms with Gasteiger partial charge in [0.05, 0.1) is 12.8 Å². The number of methoxy groups -OCH3 is 1. The highest BCUT2D eigenvalue weighted by atomic mass is 16.5. The van der Waals surface area contributed by atoms with Crippen LogP contribution in [0.1, 0.15) is 65.7 Å². The fourth-order valence-electron chi connectivity index (χ4n) is 8.51. The highest BCUT2D eigenvalue weighted by Crippen LogP contribution is 2.66. The van der Waals surface area contributed by atoms with Gasteiger partial charge in [-0.25, -0.2) is 0 Å². The zero-order chi connectivity index (χ0) is 23.5. The molecule has 5 rings (SSSR count). The summed E-state index contributed by atoms with van der Waals surface area (Å²) in [6.07, 6.45) is 6.98. The number of ether oxygens (including phenoxy) is 1. The second kappa shape index (κ2) is 7.89. The predicted molar refractivity (Wildman–Crippen MR) is 130 cm³/mol. The molecule has 4 aliphatic rings. The van der Waals surface area contributed by atoms with Crippen LogP contribution in [0.3, 0.4) is 0 Å². The lowest BCUT2D eigenvalue weighted by Gasteiger charge is -2.59. The number of para-hydroxylation sites is 2. The molecule has 0 bridgehead atoms. The normalized spacial score (nSPS) is 37.8. The summed E-state index contributed by atoms with van der Waals surface area (Å²) in [6, 6.07) is 7.67. The lowest BCUT2D eigenvalue weighted by atomic mass is 9.48. The predicted octanol–water partition coefficient (Wildman–Crippen LogP) is 5.63. The van der Waals surface area contributed by atoms with Gasteiger partial charge in [0.1, 0.15) is 5.75 Å². The summed E-state index contributed by atoms with van der Waals surface area (Å²) in [6.45, 7) is 7.03. The minimum absolute atomic E-state index is 0.0256. The van der Waals surface area contributed by atoms with Crippen molar-refractivity contribution in [1.29, 1.82) is 0 Å². The van der Waals surface area contributed by atoms with Crippen LogP contribution < -0.4 is 10.1 Å². The molecule has 2 saturated carbocycles. The summed E-state index contributed by atoms with van der Waals surface area (Å²) in [4.78, 5) is 28.0. The molecule has 0 spiro atoms. The van der Waals surface area contributed by atoms with Gasteiger partial charge >= 0.3 is 0 Å². The molecule has 6 atom stereocenters. The van der Waals surface area contributed by atoms with Crippen LogP contribution in [0.4, 0.5) is 5.69 Å². The van der Waals surface area contributed by atoms with E-state index in [2.05, 4.69) is 26.1 Å². The molecule has 0 radical (unpaired) electrons. The third-order valence-electron chi connectivity index (χ3n) is 9.99. The first kappa shape index (κ1) is 22.5. The number of fused-ring (bicyclic) bond motifs is 5. The molecule has 1 heterocycles. The molecule has 5 nitrogen and oxygen atoms in total. The van der Waals surface area contributed by atoms with Crippen molar-refractivity contribution in [1.82, 2.24) is 4.90 Å². The van der Waals surface area contributed by atoms with Crippen molar-refractivity contribution in [3.63, 3.8) is 0 Å². The van der Waals surface area contributed by atoms with Crippen LogP contribution in [-0.4, -0.2) is 30.9 Å². The van der Waals surface area contributed by atoms with Gasteiger partial charge in [0.25, 0.3) is 0 Å². The van der Waals surface area contributed by atoms with E-state index in [0.29, 0.717) is 29.9 Å². The number of nitrogens with one attached hydrogen (secondary N) is 1. The summed E-state index contributed by atoms with van der Waals surface area (Å²) in [7, 11) is 3.61. The Morgan fingerprint density at radius 1 is 1.12 bits per heavy atom. The van der Waals surface area contributed by atoms with Gasteiger partial charge in [-0.15, -0.1) is 0 Å². The van der Waals surface area contributed by atoms with Crippen molar-refractivity contribution in [2.45, 2.75) is 65.7 Å². The van der Waals surface area contributed by atoms with E-state index in [1.165, 1.54) is 11.3 Å². The maximum absolute atomic E-state index is 13.5. The number of piperidine rings is 1. The van der Waals surface area contributed by atoms with Crippen LogP contribution in [0.25, 0.3) is 0 Å². The van der Waals surface area contributed by atoms with E-state index in [1.54, 1.807) is 7.11 Å². The lowest BCUT2D eigenvalue weighted by molar-refractivity contribution is -0.137. The Balaban J connectivity index is 1.42. The third-order valence-corrected chi connectivity index (χ3v) is 9.99. The number of rotatable bonds is 3. The zero-order valence-electron chi connectivity index (χ0n) is 20.7. The SMILES string of the molecule is COc1ccccc1NC(=O)[C@H]1CC[C@H]2[C@@H]3CC(C)=C4N(C)C(=O)CC[C@]4(C)[C@H]3CC[C@]12C. The fourth-order valence-corrected chi connectivity index (χ4v) is 8.51. The Labute approximate surface area is 197 Å². The van der Waals surface area contributed by atoms with Gasteiger partial charge in [-0.3, -0.25) is 9.59 Å². The van der Waals surface area contributed by atoms with E-state index in [4.69, 9.17) is 4.74 Å². The summed E-state index contributed by atoms with van der Waals surface area (Å²) in [5.74, 6) is 2.89. The summed E-state index contributed by atoms with van der Waals surface area (Å²) < 4.78 is 5.45. The summed E-state index contributed by atoms with van der Waals surface area (Å²) in [5.41, 5.74) is 3.55. The topological polar surface area (TPSA) is 58.6 Å². The number of likely N-dealkylation sites (tertiary alicyclic amines) is 1. The molecule has 33 heavy (non-hydrogen) atoms. The number of anilines is 1. The first-order valence-corrected chi connectivity index (χ1v) is 12.6. The smallest absolute Gasteiger partial charge is 0.228 e. The maximum atomic E-state index is 13.5. The van der Waals surface area contributed by atoms with Crippen molar-refractivity contribution in [2.75, 3.05) is 19.5 Å². The van der Waals surface area contributed by atoms with Gasteiger partial charge in [0, 0.05) is 30.5 Å². The fraction of sp³-hybridized carbons (Fsp3) is 0.643. The molecule has 1 saturated heterocycles. The van der Waals surface area contributed by atoms with Crippen LogP contribution in [-0.2, 0) is 9.59 Å². The van der Waals surface area contributed by atoms with Gasteiger partial charge in [0.2, 0.25) is 11.8 Å². The number of hydrogen-bond acceptors (Lipinski definition) is 3. The van der Waals surface area contributed by atoms with Crippen molar-refractivity contribution < 1.29 is 14.3 Å². The maximum Gasteiger partial charge on any atom is 0.228 e. The standard InChI is InChI=1S/C28H38N2O3/c1-17-16-18-19-10-11-21(26(32)29-22-8-6-7-9-23(22)33-5)27(19,2)14-12-20(18)28(3)15-13-24(31)30(4)25(17)28/h6-9,18-21H,10-16H2,1-5H3,(H,29,32)/t18-,19-,20-,21+,27-,28+/m0/s1. The van der Waals surface area contributed by atoms with Crippen LogP contribution in [0.2, 0.25) is 0 Å². The second-order valence-electron chi connectivity index (χ2n) is 11.4. The average molecular weight is 451 g/mol. The number of carbonyl (C=O) groups excluding carboxylic acids is 2. The molecule has 0 aromatic heterocycles. The number of amides is 2. The molecule has 1 N–H and O–H groups in total. The number of hydrogen-bond donors (Lipinski definition) is 1. The van der Waals surface area contributed by atoms with E-state index in [-0.39, 0.29) is 28.6 Å². The van der Waals surface area contributed by atoms with E-state index in [9.17, 15) is 9.59 Å². The largest absolute Gasteiger partial charge is 0.495 e. The van der Waals surface area contributed by atoms with Gasteiger partial charge in [0.15, 0.2) is 0 Å². The van der Waals surface area contributed by atoms with Crippen LogP contribution in [0, 0.1) is 34.5 Å². The summed E-state index contributed by atoms with van der Waals surface area (Å²) in [5, 5.41) is 3.19. The van der Waals surface area contributed by atoms with Gasteiger partial charge in [-0.2, -0.15) is 0 Å². The number of allylic oxidation sites excluding steroid dienone is 2. The Bertz CT molecular complexity index is 1020. The van der Waals surface area contributed by atoms with Crippen molar-refractivity contribution >= 4 is 17.5 Å². The van der Waals surface area contributed by atoms with E-state index in [0.717, 1.165) is 44.2 Å². The van der Waals surface area contributed by atoms with Crippen molar-refractivity contribution in [3.05, 3.63) is 35.5 Å². The molecular formula is C28H38N2O3. The van der Waals surface area contributed by atoms with Crippen LogP contribution >= 0.6 is 0 Å². The monoisotopic (exact) mass is 450 g/mol. The molecule has 1 aliphatic heterocycles. The van der Waals surface area contributed by atoms with Gasteiger partial charge in [-0.1, -0.05) is 31.6 Å². The van der Waals surface area contributed by atoms with Crippen LogP contribution in [0.15, 0.2) is 35.5 Å². The van der Waals surface area contributed by atoms with Gasteiger partial charge < -0.3 is 15.0 Å². The Morgan fingerprint density at radius 2 is 1.88 bits per heavy atom. The molecule has 1 aromatic rings. The molecular weight excluding hydrogens is 412 g/mol. The minimum atomic E-state index is 0.0256. The summed E-state index contributed by atoms with van der Waals surface area (Å²) >= 11 is 0. The molecule has 0 unspecified atom stereocenters. The Hall–Kier alpha value is -2.30. The molecule has 2 amide bonds. The molecule has 1 aromatic carbocycles. The zero-order valence-corrected chi connectivity index (χ0v) is 20.7. The first-order valence-electron chi connectivity index (χ1n) is 12.6. The minimum Gasteiger partial charge on any atom is -0.495 e. The number of carbonyl (C=O) groups is 2. The van der Waals surface area contributed by atoms with Crippen LogP contribution in [0.5, 0.6) is 5.75 Å². The number of benzene rings is 1. The first-order chi connectivity index (χ1) is 15.7. The lowest BCUT2D eigenvalue weighted by Crippen LogP contribution is -2.54. The second-order valence-corrected chi connectivity index (χ2v) is 11.4. The quantitative estimate of drug-likeness (QED) is 0.649. The Kier molecular flexibility index (Phi) is 5.37. The molecule has 178 valence electrons. The molecule has 3 fully saturated rings. The Morgan fingerprint density at radius 3 is 2.64 bits per heavy atom.